The Labute approximate surface area is 190 Å². The van der Waals surface area contributed by atoms with Crippen LogP contribution in [0, 0.1) is 0 Å². The number of nitrogens with zero attached hydrogens (tertiary/aromatic N) is 4. The molecule has 8 nitrogen and oxygen atoms in total. The molecular weight excluding hydrogens is 452 g/mol. The first-order valence-corrected chi connectivity index (χ1v) is 12.1. The predicted octanol–water partition coefficient (Wildman–Crippen LogP) is 3.25. The van der Waals surface area contributed by atoms with Crippen molar-refractivity contribution in [3.8, 4) is 0 Å². The van der Waals surface area contributed by atoms with Gasteiger partial charge in [0.25, 0.3) is 0 Å². The van der Waals surface area contributed by atoms with Gasteiger partial charge >= 0.3 is 12.6 Å². The van der Waals surface area contributed by atoms with E-state index in [1.165, 1.54) is 9.21 Å². The summed E-state index contributed by atoms with van der Waals surface area (Å²) in [6.45, 7) is -0.0561. The lowest BCUT2D eigenvalue weighted by Crippen LogP contribution is -2.53. The number of sulfonamides is 1. The van der Waals surface area contributed by atoms with E-state index in [-0.39, 0.29) is 49.5 Å². The van der Waals surface area contributed by atoms with Crippen molar-refractivity contribution in [2.45, 2.75) is 24.3 Å². The third kappa shape index (κ3) is 4.69. The molecule has 4 rings (SSSR count). The summed E-state index contributed by atoms with van der Waals surface area (Å²) in [7, 11) is -3.61. The first-order chi connectivity index (χ1) is 15.8. The van der Waals surface area contributed by atoms with Crippen molar-refractivity contribution < 1.29 is 22.0 Å². The number of piperazine rings is 1. The van der Waals surface area contributed by atoms with Gasteiger partial charge in [-0.25, -0.2) is 18.2 Å². The molecule has 11 heteroatoms. The highest BCUT2D eigenvalue weighted by molar-refractivity contribution is 7.89. The zero-order chi connectivity index (χ0) is 23.6. The lowest BCUT2D eigenvalue weighted by atomic mass is 10.1. The van der Waals surface area contributed by atoms with E-state index >= 15 is 0 Å². The number of hydrogen-bond acceptors (Lipinski definition) is 4. The number of hydrogen-bond donors (Lipinski definition) is 1. The minimum atomic E-state index is -3.61. The SMILES string of the molecule is C[C@@H](CNC(=O)N1CCN(S(=O)(=O)c2ccccc2)CC1)c1nc2ccccc2n1C(F)F. The Kier molecular flexibility index (Phi) is 6.61. The number of aromatic nitrogens is 2. The van der Waals surface area contributed by atoms with Crippen LogP contribution in [0.1, 0.15) is 25.2 Å². The third-order valence-electron chi connectivity index (χ3n) is 5.73. The third-order valence-corrected chi connectivity index (χ3v) is 7.64. The molecule has 3 aromatic rings. The van der Waals surface area contributed by atoms with E-state index in [9.17, 15) is 22.0 Å². The lowest BCUT2D eigenvalue weighted by Gasteiger charge is -2.34. The van der Waals surface area contributed by atoms with E-state index in [4.69, 9.17) is 0 Å². The Morgan fingerprint density at radius 1 is 1.03 bits per heavy atom. The highest BCUT2D eigenvalue weighted by atomic mass is 32.2. The van der Waals surface area contributed by atoms with Gasteiger partial charge in [-0.2, -0.15) is 13.1 Å². The first-order valence-electron chi connectivity index (χ1n) is 10.6. The van der Waals surface area contributed by atoms with Crippen LogP contribution in [-0.2, 0) is 10.0 Å². The van der Waals surface area contributed by atoms with Crippen molar-refractivity contribution in [1.29, 1.82) is 0 Å². The number of fused-ring (bicyclic) bond motifs is 1. The van der Waals surface area contributed by atoms with E-state index in [0.717, 1.165) is 4.57 Å². The second-order valence-corrected chi connectivity index (χ2v) is 9.84. The Morgan fingerprint density at radius 3 is 2.33 bits per heavy atom. The van der Waals surface area contributed by atoms with Gasteiger partial charge in [0.15, 0.2) is 0 Å². The number of halogens is 2. The smallest absolute Gasteiger partial charge is 0.320 e. The number of carbonyl (C=O) groups is 1. The van der Waals surface area contributed by atoms with E-state index in [2.05, 4.69) is 10.3 Å². The molecule has 0 saturated carbocycles. The van der Waals surface area contributed by atoms with Crippen LogP contribution in [0.15, 0.2) is 59.5 Å². The van der Waals surface area contributed by atoms with Crippen LogP contribution >= 0.6 is 0 Å². The fraction of sp³-hybridized carbons (Fsp3) is 0.364. The molecule has 2 heterocycles. The number of alkyl halides is 2. The van der Waals surface area contributed by atoms with Crippen LogP contribution < -0.4 is 5.32 Å². The van der Waals surface area contributed by atoms with Crippen molar-refractivity contribution in [3.05, 3.63) is 60.4 Å². The molecule has 0 unspecified atom stereocenters. The Bertz CT molecular complexity index is 1230. The molecule has 0 bridgehead atoms. The molecule has 2 aromatic carbocycles. The maximum absolute atomic E-state index is 13.7. The normalized spacial score (nSPS) is 16.3. The summed E-state index contributed by atoms with van der Waals surface area (Å²) in [5.41, 5.74) is 0.818. The van der Waals surface area contributed by atoms with Gasteiger partial charge in [-0.05, 0) is 24.3 Å². The van der Waals surface area contributed by atoms with Crippen LogP contribution in [0.25, 0.3) is 11.0 Å². The van der Waals surface area contributed by atoms with Gasteiger partial charge in [-0.15, -0.1) is 0 Å². The summed E-state index contributed by atoms with van der Waals surface area (Å²) in [6, 6.07) is 14.5. The van der Waals surface area contributed by atoms with Crippen molar-refractivity contribution in [2.75, 3.05) is 32.7 Å². The average molecular weight is 478 g/mol. The number of imidazole rings is 1. The van der Waals surface area contributed by atoms with Crippen molar-refractivity contribution in [1.82, 2.24) is 24.1 Å². The molecule has 1 atom stereocenters. The van der Waals surface area contributed by atoms with Crippen molar-refractivity contribution >= 4 is 27.1 Å². The van der Waals surface area contributed by atoms with Gasteiger partial charge in [0.05, 0.1) is 15.9 Å². The molecule has 1 aliphatic heterocycles. The van der Waals surface area contributed by atoms with Crippen molar-refractivity contribution in [3.63, 3.8) is 0 Å². The molecule has 0 aliphatic carbocycles. The molecule has 2 amide bonds. The molecule has 1 N–H and O–H groups in total. The maximum atomic E-state index is 13.7. The quantitative estimate of drug-likeness (QED) is 0.591. The monoisotopic (exact) mass is 477 g/mol. The predicted molar refractivity (Wildman–Crippen MR) is 120 cm³/mol. The van der Waals surface area contributed by atoms with Gasteiger partial charge in [0.1, 0.15) is 5.82 Å². The van der Waals surface area contributed by atoms with Crippen LogP contribution in [0.3, 0.4) is 0 Å². The summed E-state index contributed by atoms with van der Waals surface area (Å²) < 4.78 is 55.1. The molecular formula is C22H25F2N5O3S. The molecule has 1 aliphatic rings. The summed E-state index contributed by atoms with van der Waals surface area (Å²) in [5, 5.41) is 2.77. The Balaban J connectivity index is 1.36. The first kappa shape index (κ1) is 23.1. The van der Waals surface area contributed by atoms with E-state index in [0.29, 0.717) is 11.0 Å². The fourth-order valence-electron chi connectivity index (χ4n) is 3.93. The van der Waals surface area contributed by atoms with E-state index in [1.807, 2.05) is 0 Å². The standard InChI is InChI=1S/C22H25F2N5O3S/c1-16(20-26-18-9-5-6-10-19(18)29(20)21(23)24)15-25-22(30)27-11-13-28(14-12-27)33(31,32)17-7-3-2-4-8-17/h2-10,16,21H,11-15H2,1H3,(H,25,30)/t16-/m0/s1. The number of carbonyl (C=O) groups excluding carboxylic acids is 1. The fourth-order valence-corrected chi connectivity index (χ4v) is 5.38. The van der Waals surface area contributed by atoms with Gasteiger partial charge in [-0.1, -0.05) is 37.3 Å². The van der Waals surface area contributed by atoms with Crippen LogP contribution in [0.4, 0.5) is 13.6 Å². The number of benzene rings is 2. The molecule has 33 heavy (non-hydrogen) atoms. The number of urea groups is 1. The minimum Gasteiger partial charge on any atom is -0.337 e. The Hall–Kier alpha value is -3.05. The van der Waals surface area contributed by atoms with Gasteiger partial charge in [0.2, 0.25) is 10.0 Å². The zero-order valence-corrected chi connectivity index (χ0v) is 18.9. The maximum Gasteiger partial charge on any atom is 0.320 e. The molecule has 1 fully saturated rings. The number of rotatable bonds is 6. The van der Waals surface area contributed by atoms with Gasteiger partial charge in [0, 0.05) is 38.6 Å². The summed E-state index contributed by atoms with van der Waals surface area (Å²) in [4.78, 5) is 18.7. The molecule has 1 saturated heterocycles. The molecule has 0 spiro atoms. The molecule has 1 aromatic heterocycles. The Morgan fingerprint density at radius 2 is 1.67 bits per heavy atom. The number of para-hydroxylation sites is 2. The largest absolute Gasteiger partial charge is 0.337 e. The minimum absolute atomic E-state index is 0.122. The topological polar surface area (TPSA) is 87.5 Å². The highest BCUT2D eigenvalue weighted by Crippen LogP contribution is 2.27. The second kappa shape index (κ2) is 9.44. The highest BCUT2D eigenvalue weighted by Gasteiger charge is 2.30. The second-order valence-electron chi connectivity index (χ2n) is 7.90. The lowest BCUT2D eigenvalue weighted by molar-refractivity contribution is 0.0704. The number of nitrogens with one attached hydrogen (secondary N) is 1. The van der Waals surface area contributed by atoms with E-state index < -0.39 is 22.5 Å². The average Bonchev–Trinajstić information content (AvgIpc) is 3.23. The van der Waals surface area contributed by atoms with Crippen LogP contribution in [0.5, 0.6) is 0 Å². The van der Waals surface area contributed by atoms with Gasteiger partial charge in [-0.3, -0.25) is 4.57 Å². The van der Waals surface area contributed by atoms with Crippen LogP contribution in [0.2, 0.25) is 0 Å². The number of amides is 2. The summed E-state index contributed by atoms with van der Waals surface area (Å²) in [5.74, 6) is -0.250. The summed E-state index contributed by atoms with van der Waals surface area (Å²) >= 11 is 0. The van der Waals surface area contributed by atoms with Crippen LogP contribution in [-0.4, -0.2) is 65.9 Å². The molecule has 176 valence electrons. The molecule has 0 radical (unpaired) electrons. The van der Waals surface area contributed by atoms with E-state index in [1.54, 1.807) is 61.5 Å². The van der Waals surface area contributed by atoms with Crippen molar-refractivity contribution in [2.24, 2.45) is 0 Å². The van der Waals surface area contributed by atoms with Gasteiger partial charge < -0.3 is 10.2 Å². The zero-order valence-electron chi connectivity index (χ0n) is 18.1. The summed E-state index contributed by atoms with van der Waals surface area (Å²) in [6.07, 6.45) is 0.